The normalized spacial score (nSPS) is 12.1. The van der Waals surface area contributed by atoms with E-state index in [-0.39, 0.29) is 4.90 Å². The minimum atomic E-state index is -4.34. The van der Waals surface area contributed by atoms with Gasteiger partial charge >= 0.3 is 0 Å². The van der Waals surface area contributed by atoms with Crippen molar-refractivity contribution in [2.75, 3.05) is 0 Å². The van der Waals surface area contributed by atoms with Crippen LogP contribution in [-0.4, -0.2) is 18.0 Å². The molecule has 0 aliphatic rings. The molecule has 0 atom stereocenters. The third-order valence-electron chi connectivity index (χ3n) is 1.59. The molecule has 0 aliphatic heterocycles. The molecule has 1 heterocycles. The topological polar surface area (TPSA) is 70.1 Å². The Kier molecular flexibility index (Phi) is 1.83. The highest BCUT2D eigenvalue weighted by atomic mass is 32.2. The number of benzene rings is 1. The van der Waals surface area contributed by atoms with Gasteiger partial charge in [-0.3, -0.25) is 0 Å². The van der Waals surface area contributed by atoms with Crippen LogP contribution in [0.4, 0.5) is 0 Å². The maximum Gasteiger partial charge on any atom is 0.124 e. The Bertz CT molecular complexity index is 544. The molecule has 0 fully saturated rings. The quantitative estimate of drug-likeness (QED) is 0.669. The minimum Gasteiger partial charge on any atom is -0.744 e. The highest BCUT2D eigenvalue weighted by Gasteiger charge is 2.03. The van der Waals surface area contributed by atoms with E-state index in [1.807, 2.05) is 0 Å². The molecule has 2 aromatic rings. The molecule has 0 amide bonds. The molecule has 0 N–H and O–H groups in total. The average molecular weight is 214 g/mol. The average Bonchev–Trinajstić information content (AvgIpc) is 2.47. The number of nitrogens with zero attached hydrogens (tertiary/aromatic N) is 1. The Morgan fingerprint density at radius 1 is 1.38 bits per heavy atom. The summed E-state index contributed by atoms with van der Waals surface area (Å²) >= 11 is 1.30. The van der Waals surface area contributed by atoms with Crippen LogP contribution in [0.1, 0.15) is 0 Å². The third kappa shape index (κ3) is 1.55. The Morgan fingerprint density at radius 3 is 2.85 bits per heavy atom. The zero-order chi connectivity index (χ0) is 9.47. The van der Waals surface area contributed by atoms with Crippen molar-refractivity contribution in [3.8, 4) is 0 Å². The summed E-state index contributed by atoms with van der Waals surface area (Å²) in [5, 5.41) is 0. The van der Waals surface area contributed by atoms with Gasteiger partial charge in [-0.15, -0.1) is 11.3 Å². The summed E-state index contributed by atoms with van der Waals surface area (Å²) in [6.45, 7) is 0. The largest absolute Gasteiger partial charge is 0.744 e. The smallest absolute Gasteiger partial charge is 0.124 e. The van der Waals surface area contributed by atoms with Gasteiger partial charge in [0.1, 0.15) is 10.1 Å². The molecule has 4 nitrogen and oxygen atoms in total. The van der Waals surface area contributed by atoms with Crippen molar-refractivity contribution in [1.82, 2.24) is 4.98 Å². The Labute approximate surface area is 78.6 Å². The molecule has 13 heavy (non-hydrogen) atoms. The first-order valence-electron chi connectivity index (χ1n) is 3.36. The van der Waals surface area contributed by atoms with Crippen molar-refractivity contribution in [2.24, 2.45) is 0 Å². The summed E-state index contributed by atoms with van der Waals surface area (Å²) in [5.74, 6) is 0. The van der Waals surface area contributed by atoms with Gasteiger partial charge in [-0.05, 0) is 18.2 Å². The van der Waals surface area contributed by atoms with Crippen molar-refractivity contribution in [3.05, 3.63) is 23.7 Å². The van der Waals surface area contributed by atoms with Gasteiger partial charge in [0.25, 0.3) is 0 Å². The number of hydrogen-bond donors (Lipinski definition) is 0. The molecule has 0 aliphatic carbocycles. The molecule has 0 radical (unpaired) electrons. The summed E-state index contributed by atoms with van der Waals surface area (Å²) in [7, 11) is -4.34. The van der Waals surface area contributed by atoms with Crippen LogP contribution < -0.4 is 0 Å². The summed E-state index contributed by atoms with van der Waals surface area (Å²) in [5.41, 5.74) is 2.31. The molecule has 0 bridgehead atoms. The first-order valence-corrected chi connectivity index (χ1v) is 5.65. The van der Waals surface area contributed by atoms with Gasteiger partial charge in [-0.2, -0.15) is 0 Å². The van der Waals surface area contributed by atoms with Crippen molar-refractivity contribution in [2.45, 2.75) is 4.90 Å². The Morgan fingerprint density at radius 2 is 2.15 bits per heavy atom. The molecule has 1 aromatic heterocycles. The van der Waals surface area contributed by atoms with Crippen LogP contribution in [0, 0.1) is 0 Å². The molecule has 0 unspecified atom stereocenters. The number of hydrogen-bond acceptors (Lipinski definition) is 5. The molecule has 0 saturated heterocycles. The standard InChI is InChI=1S/C7H5NO3S2/c9-13(10,11)5-1-2-6-7(3-5)12-4-8-6/h1-4H,(H,9,10,11)/p-1. The lowest BCUT2D eigenvalue weighted by atomic mass is 10.3. The Balaban J connectivity index is 2.75. The van der Waals surface area contributed by atoms with E-state index >= 15 is 0 Å². The second-order valence-electron chi connectivity index (χ2n) is 2.44. The lowest BCUT2D eigenvalue weighted by Gasteiger charge is -2.05. The van der Waals surface area contributed by atoms with E-state index in [2.05, 4.69) is 4.98 Å². The lowest BCUT2D eigenvalue weighted by Crippen LogP contribution is -1.97. The van der Waals surface area contributed by atoms with Gasteiger partial charge in [-0.25, -0.2) is 13.4 Å². The maximum absolute atomic E-state index is 10.6. The van der Waals surface area contributed by atoms with Crippen LogP contribution in [-0.2, 0) is 10.1 Å². The fraction of sp³-hybridized carbons (Fsp3) is 0. The number of fused-ring (bicyclic) bond motifs is 1. The summed E-state index contributed by atoms with van der Waals surface area (Å²) in [6, 6.07) is 4.14. The first-order chi connectivity index (χ1) is 6.07. The number of thiazole rings is 1. The Hall–Kier alpha value is -0.980. The van der Waals surface area contributed by atoms with Gasteiger partial charge in [0.2, 0.25) is 0 Å². The predicted molar refractivity (Wildman–Crippen MR) is 47.6 cm³/mol. The van der Waals surface area contributed by atoms with E-state index in [4.69, 9.17) is 0 Å². The van der Waals surface area contributed by atoms with E-state index in [9.17, 15) is 13.0 Å². The van der Waals surface area contributed by atoms with Gasteiger partial charge in [0.15, 0.2) is 0 Å². The van der Waals surface area contributed by atoms with Gasteiger partial charge < -0.3 is 4.55 Å². The zero-order valence-corrected chi connectivity index (χ0v) is 7.93. The highest BCUT2D eigenvalue weighted by molar-refractivity contribution is 7.85. The highest BCUT2D eigenvalue weighted by Crippen LogP contribution is 2.21. The van der Waals surface area contributed by atoms with Crippen molar-refractivity contribution < 1.29 is 13.0 Å². The lowest BCUT2D eigenvalue weighted by molar-refractivity contribution is 0.463. The predicted octanol–water partition coefficient (Wildman–Crippen LogP) is 1.20. The fourth-order valence-electron chi connectivity index (χ4n) is 0.991. The van der Waals surface area contributed by atoms with Crippen LogP contribution in [0.3, 0.4) is 0 Å². The second kappa shape index (κ2) is 2.76. The van der Waals surface area contributed by atoms with Crippen LogP contribution in [0.2, 0.25) is 0 Å². The minimum absolute atomic E-state index is 0.204. The van der Waals surface area contributed by atoms with Gasteiger partial charge in [0, 0.05) is 0 Å². The monoisotopic (exact) mass is 214 g/mol. The SMILES string of the molecule is O=S(=O)([O-])c1ccc2ncsc2c1. The van der Waals surface area contributed by atoms with E-state index in [0.717, 1.165) is 0 Å². The molecule has 0 spiro atoms. The fourth-order valence-corrected chi connectivity index (χ4v) is 2.28. The summed E-state index contributed by atoms with van der Waals surface area (Å²) in [4.78, 5) is 3.76. The van der Waals surface area contributed by atoms with Crippen LogP contribution in [0.15, 0.2) is 28.6 Å². The van der Waals surface area contributed by atoms with Crippen LogP contribution in [0.25, 0.3) is 10.2 Å². The number of rotatable bonds is 1. The van der Waals surface area contributed by atoms with Crippen molar-refractivity contribution in [3.63, 3.8) is 0 Å². The maximum atomic E-state index is 10.6. The molecule has 0 saturated carbocycles. The van der Waals surface area contributed by atoms with Gasteiger partial charge in [-0.1, -0.05) is 0 Å². The summed E-state index contributed by atoms with van der Waals surface area (Å²) in [6.07, 6.45) is 0. The third-order valence-corrected chi connectivity index (χ3v) is 3.21. The molecular weight excluding hydrogens is 210 g/mol. The molecule has 2 rings (SSSR count). The van der Waals surface area contributed by atoms with Gasteiger partial charge in [0.05, 0.1) is 20.6 Å². The van der Waals surface area contributed by atoms with E-state index in [0.29, 0.717) is 10.2 Å². The summed E-state index contributed by atoms with van der Waals surface area (Å²) < 4.78 is 32.6. The molecule has 68 valence electrons. The molecule has 1 aromatic carbocycles. The van der Waals surface area contributed by atoms with Crippen LogP contribution in [0.5, 0.6) is 0 Å². The van der Waals surface area contributed by atoms with E-state index in [1.54, 1.807) is 5.51 Å². The molecular formula is C7H4NO3S2-. The van der Waals surface area contributed by atoms with E-state index < -0.39 is 10.1 Å². The van der Waals surface area contributed by atoms with Crippen LogP contribution >= 0.6 is 11.3 Å². The zero-order valence-electron chi connectivity index (χ0n) is 6.30. The van der Waals surface area contributed by atoms with E-state index in [1.165, 1.54) is 29.5 Å². The van der Waals surface area contributed by atoms with Crippen molar-refractivity contribution in [1.29, 1.82) is 0 Å². The first kappa shape index (κ1) is 8.61. The molecule has 6 heteroatoms. The second-order valence-corrected chi connectivity index (χ2v) is 4.70. The van der Waals surface area contributed by atoms with Crippen molar-refractivity contribution >= 4 is 31.7 Å². The number of aromatic nitrogens is 1.